The van der Waals surface area contributed by atoms with E-state index >= 15 is 0 Å². The largest absolute Gasteiger partial charge is 0.320 e. The summed E-state index contributed by atoms with van der Waals surface area (Å²) in [7, 11) is 0. The number of benzene rings is 1. The van der Waals surface area contributed by atoms with Gasteiger partial charge in [0.1, 0.15) is 0 Å². The van der Waals surface area contributed by atoms with Gasteiger partial charge >= 0.3 is 0 Å². The van der Waals surface area contributed by atoms with E-state index in [0.717, 1.165) is 11.6 Å². The van der Waals surface area contributed by atoms with Crippen molar-refractivity contribution in [1.82, 2.24) is 10.9 Å². The fourth-order valence-corrected chi connectivity index (χ4v) is 3.80. The van der Waals surface area contributed by atoms with Crippen molar-refractivity contribution in [3.63, 3.8) is 0 Å². The van der Waals surface area contributed by atoms with Gasteiger partial charge < -0.3 is 5.43 Å². The summed E-state index contributed by atoms with van der Waals surface area (Å²) in [6.07, 6.45) is 0. The number of thioether (sulfide) groups is 1. The van der Waals surface area contributed by atoms with Crippen LogP contribution in [0.5, 0.6) is 0 Å². The zero-order chi connectivity index (χ0) is 11.3. The molecule has 0 amide bonds. The van der Waals surface area contributed by atoms with Crippen molar-refractivity contribution in [3.8, 4) is 0 Å². The third-order valence-electron chi connectivity index (χ3n) is 3.09. The number of hydrazine groups is 1. The van der Waals surface area contributed by atoms with Crippen LogP contribution < -0.4 is 10.9 Å². The molecular formula is C12H13ClN2S. The molecule has 0 unspecified atom stereocenters. The van der Waals surface area contributed by atoms with Crippen LogP contribution in [0.25, 0.3) is 5.70 Å². The topological polar surface area (TPSA) is 24.1 Å². The Morgan fingerprint density at radius 3 is 3.00 bits per heavy atom. The summed E-state index contributed by atoms with van der Waals surface area (Å²) in [5.74, 6) is 0. The van der Waals surface area contributed by atoms with Crippen LogP contribution in [0.1, 0.15) is 19.4 Å². The summed E-state index contributed by atoms with van der Waals surface area (Å²) in [6, 6.07) is 6.09. The van der Waals surface area contributed by atoms with Crippen LogP contribution in [-0.2, 0) is 0 Å². The first-order valence-electron chi connectivity index (χ1n) is 5.29. The predicted molar refractivity (Wildman–Crippen MR) is 69.4 cm³/mol. The number of hydrogen-bond acceptors (Lipinski definition) is 3. The maximum atomic E-state index is 6.05. The van der Waals surface area contributed by atoms with Gasteiger partial charge in [-0.2, -0.15) is 0 Å². The third kappa shape index (κ3) is 1.46. The van der Waals surface area contributed by atoms with Crippen LogP contribution >= 0.6 is 23.4 Å². The van der Waals surface area contributed by atoms with Gasteiger partial charge in [0, 0.05) is 26.8 Å². The third-order valence-corrected chi connectivity index (χ3v) is 4.63. The van der Waals surface area contributed by atoms with E-state index in [2.05, 4.69) is 30.8 Å². The Balaban J connectivity index is 2.22. The van der Waals surface area contributed by atoms with Crippen molar-refractivity contribution in [2.45, 2.75) is 23.5 Å². The highest BCUT2D eigenvalue weighted by molar-refractivity contribution is 8.01. The number of halogens is 1. The Morgan fingerprint density at radius 2 is 2.19 bits per heavy atom. The normalized spacial score (nSPS) is 21.4. The van der Waals surface area contributed by atoms with Gasteiger partial charge in [0.2, 0.25) is 0 Å². The van der Waals surface area contributed by atoms with Crippen LogP contribution in [-0.4, -0.2) is 11.3 Å². The molecule has 0 saturated carbocycles. The SMILES string of the molecule is CC1(C)Sc2cc(Cl)ccc2C2=C1CNN2. The summed E-state index contributed by atoms with van der Waals surface area (Å²) < 4.78 is 0.128. The lowest BCUT2D eigenvalue weighted by atomic mass is 9.96. The lowest BCUT2D eigenvalue weighted by molar-refractivity contribution is 0.708. The smallest absolute Gasteiger partial charge is 0.0590 e. The minimum atomic E-state index is 0.128. The monoisotopic (exact) mass is 252 g/mol. The highest BCUT2D eigenvalue weighted by Crippen LogP contribution is 2.48. The maximum absolute atomic E-state index is 6.05. The lowest BCUT2D eigenvalue weighted by Gasteiger charge is -2.32. The molecule has 84 valence electrons. The Bertz CT molecular complexity index is 494. The quantitative estimate of drug-likeness (QED) is 0.742. The Hall–Kier alpha value is -0.640. The van der Waals surface area contributed by atoms with Crippen molar-refractivity contribution >= 4 is 29.1 Å². The summed E-state index contributed by atoms with van der Waals surface area (Å²) in [4.78, 5) is 1.26. The van der Waals surface area contributed by atoms with E-state index in [1.165, 1.54) is 21.7 Å². The van der Waals surface area contributed by atoms with E-state index in [4.69, 9.17) is 11.6 Å². The molecule has 0 fully saturated rings. The fourth-order valence-electron chi connectivity index (χ4n) is 2.25. The van der Waals surface area contributed by atoms with E-state index < -0.39 is 0 Å². The molecule has 16 heavy (non-hydrogen) atoms. The molecule has 2 N–H and O–H groups in total. The molecule has 2 aliphatic rings. The maximum Gasteiger partial charge on any atom is 0.0590 e. The summed E-state index contributed by atoms with van der Waals surface area (Å²) in [6.45, 7) is 5.43. The van der Waals surface area contributed by atoms with Crippen LogP contribution in [0.15, 0.2) is 28.7 Å². The van der Waals surface area contributed by atoms with Crippen molar-refractivity contribution < 1.29 is 0 Å². The Labute approximate surface area is 104 Å². The van der Waals surface area contributed by atoms with Gasteiger partial charge in [0.25, 0.3) is 0 Å². The van der Waals surface area contributed by atoms with Crippen LogP contribution in [0.4, 0.5) is 0 Å². The minimum Gasteiger partial charge on any atom is -0.320 e. The van der Waals surface area contributed by atoms with Gasteiger partial charge in [-0.3, -0.25) is 0 Å². The molecule has 0 atom stereocenters. The molecule has 4 heteroatoms. The van der Waals surface area contributed by atoms with Gasteiger partial charge in [0.15, 0.2) is 0 Å². The molecule has 3 rings (SSSR count). The number of fused-ring (bicyclic) bond motifs is 2. The molecule has 0 spiro atoms. The Morgan fingerprint density at radius 1 is 1.38 bits per heavy atom. The van der Waals surface area contributed by atoms with Crippen molar-refractivity contribution in [3.05, 3.63) is 34.4 Å². The second kappa shape index (κ2) is 3.42. The first-order valence-corrected chi connectivity index (χ1v) is 6.49. The standard InChI is InChI=1S/C12H13ClN2S/c1-12(2)9-6-14-15-11(9)8-4-3-7(13)5-10(8)16-12/h3-5,14-15H,6H2,1-2H3. The molecule has 0 radical (unpaired) electrons. The molecule has 1 aromatic carbocycles. The van der Waals surface area contributed by atoms with E-state index in [-0.39, 0.29) is 4.75 Å². The predicted octanol–water partition coefficient (Wildman–Crippen LogP) is 3.04. The van der Waals surface area contributed by atoms with Gasteiger partial charge in [-0.25, -0.2) is 5.43 Å². The van der Waals surface area contributed by atoms with Crippen molar-refractivity contribution in [1.29, 1.82) is 0 Å². The van der Waals surface area contributed by atoms with Gasteiger partial charge in [0.05, 0.1) is 5.70 Å². The first-order chi connectivity index (χ1) is 7.58. The highest BCUT2D eigenvalue weighted by Gasteiger charge is 2.36. The van der Waals surface area contributed by atoms with Gasteiger partial charge in [-0.15, -0.1) is 11.8 Å². The molecule has 0 saturated heterocycles. The first kappa shape index (κ1) is 10.5. The molecule has 2 aliphatic heterocycles. The zero-order valence-electron chi connectivity index (χ0n) is 9.23. The van der Waals surface area contributed by atoms with E-state index in [9.17, 15) is 0 Å². The molecule has 0 aromatic heterocycles. The molecule has 2 nitrogen and oxygen atoms in total. The van der Waals surface area contributed by atoms with Crippen LogP contribution in [0.2, 0.25) is 5.02 Å². The number of rotatable bonds is 0. The van der Waals surface area contributed by atoms with E-state index in [1.54, 1.807) is 0 Å². The average Bonchev–Trinajstić information content (AvgIpc) is 2.65. The second-order valence-corrected chi connectivity index (χ2v) is 6.69. The zero-order valence-corrected chi connectivity index (χ0v) is 10.8. The summed E-state index contributed by atoms with van der Waals surface area (Å²) in [5, 5.41) is 0.803. The second-order valence-electron chi connectivity index (χ2n) is 4.58. The van der Waals surface area contributed by atoms with Gasteiger partial charge in [-0.1, -0.05) is 17.7 Å². The van der Waals surface area contributed by atoms with E-state index in [1.807, 2.05) is 23.9 Å². The highest BCUT2D eigenvalue weighted by atomic mass is 35.5. The fraction of sp³-hybridized carbons (Fsp3) is 0.333. The summed E-state index contributed by atoms with van der Waals surface area (Å²) in [5.41, 5.74) is 10.4. The number of hydrogen-bond donors (Lipinski definition) is 2. The van der Waals surface area contributed by atoms with Gasteiger partial charge in [-0.05, 0) is 31.6 Å². The van der Waals surface area contributed by atoms with Crippen molar-refractivity contribution in [2.75, 3.05) is 6.54 Å². The molecule has 1 aromatic rings. The molecular weight excluding hydrogens is 240 g/mol. The van der Waals surface area contributed by atoms with Crippen LogP contribution in [0, 0.1) is 0 Å². The van der Waals surface area contributed by atoms with E-state index in [0.29, 0.717) is 0 Å². The minimum absolute atomic E-state index is 0.128. The molecule has 0 aliphatic carbocycles. The summed E-state index contributed by atoms with van der Waals surface area (Å²) >= 11 is 7.93. The molecule has 0 bridgehead atoms. The van der Waals surface area contributed by atoms with Crippen LogP contribution in [0.3, 0.4) is 0 Å². The number of nitrogens with one attached hydrogen (secondary N) is 2. The Kier molecular flexibility index (Phi) is 2.25. The molecule has 2 heterocycles. The van der Waals surface area contributed by atoms with Crippen molar-refractivity contribution in [2.24, 2.45) is 0 Å². The average molecular weight is 253 g/mol. The lowest BCUT2D eigenvalue weighted by Crippen LogP contribution is -2.24.